The minimum Gasteiger partial charge on any atom is -0.497 e. The summed E-state index contributed by atoms with van der Waals surface area (Å²) in [6, 6.07) is 6.17. The molecule has 1 heterocycles. The molecule has 0 radical (unpaired) electrons. The topological polar surface area (TPSA) is 61.8 Å². The van der Waals surface area contributed by atoms with Gasteiger partial charge in [-0.15, -0.1) is 0 Å². The maximum absolute atomic E-state index is 12.6. The number of nitrogens with zero attached hydrogens (tertiary/aromatic N) is 1. The highest BCUT2D eigenvalue weighted by Gasteiger charge is 2.30. The smallest absolute Gasteiger partial charge is 0.237 e. The predicted octanol–water partition coefficient (Wildman–Crippen LogP) is 2.43. The molecule has 1 aromatic rings. The van der Waals surface area contributed by atoms with Crippen LogP contribution in [0.2, 0.25) is 0 Å². The lowest BCUT2D eigenvalue weighted by molar-refractivity contribution is -0.133. The largest absolute Gasteiger partial charge is 0.497 e. The molecule has 1 aliphatic carbocycles. The number of hydrogen-bond acceptors (Lipinski definition) is 4. The van der Waals surface area contributed by atoms with Crippen LogP contribution in [0.4, 0.5) is 0 Å². The molecule has 0 aromatic heterocycles. The Hall–Kier alpha value is -1.59. The van der Waals surface area contributed by atoms with Crippen molar-refractivity contribution in [2.45, 2.75) is 57.1 Å². The number of nitrogens with one attached hydrogen (secondary N) is 1. The van der Waals surface area contributed by atoms with E-state index in [2.05, 4.69) is 24.4 Å². The van der Waals surface area contributed by atoms with Crippen molar-refractivity contribution in [3.63, 3.8) is 0 Å². The lowest BCUT2D eigenvalue weighted by Gasteiger charge is -2.36. The summed E-state index contributed by atoms with van der Waals surface area (Å²) in [6.07, 6.45) is 5.89. The Kier molecular flexibility index (Phi) is 5.64. The summed E-state index contributed by atoms with van der Waals surface area (Å²) >= 11 is 0. The Balaban J connectivity index is 1.55. The standard InChI is InChI=1S/C20H30N2O3/c1-15-18-7-6-17(25-2)12-16(18)8-11-22(15)19(23)13-21-14-20(24)9-4-3-5-10-20/h6-7,12,15,21,24H,3-5,8-11,13-14H2,1-2H3/t15-/m0/s1. The zero-order valence-corrected chi connectivity index (χ0v) is 15.4. The van der Waals surface area contributed by atoms with E-state index in [1.54, 1.807) is 7.11 Å². The minimum absolute atomic E-state index is 0.0710. The van der Waals surface area contributed by atoms with E-state index in [9.17, 15) is 9.90 Å². The summed E-state index contributed by atoms with van der Waals surface area (Å²) in [4.78, 5) is 14.6. The molecular weight excluding hydrogens is 316 g/mol. The maximum atomic E-state index is 12.6. The SMILES string of the molecule is COc1ccc2c(c1)CCN(C(=O)CNCC1(O)CCCCC1)[C@H]2C. The van der Waals surface area contributed by atoms with Crippen LogP contribution in [0.15, 0.2) is 18.2 Å². The molecule has 2 aliphatic rings. The van der Waals surface area contributed by atoms with Crippen molar-refractivity contribution in [2.75, 3.05) is 26.7 Å². The molecule has 138 valence electrons. The predicted molar refractivity (Wildman–Crippen MR) is 97.7 cm³/mol. The van der Waals surface area contributed by atoms with Gasteiger partial charge in [-0.25, -0.2) is 0 Å². The van der Waals surface area contributed by atoms with Crippen molar-refractivity contribution in [3.8, 4) is 5.75 Å². The van der Waals surface area contributed by atoms with Crippen LogP contribution in [0.3, 0.4) is 0 Å². The fourth-order valence-corrected chi connectivity index (χ4v) is 4.17. The van der Waals surface area contributed by atoms with Crippen LogP contribution < -0.4 is 10.1 Å². The van der Waals surface area contributed by atoms with Gasteiger partial charge in [-0.05, 0) is 49.4 Å². The normalized spacial score (nSPS) is 22.4. The first kappa shape index (κ1) is 18.2. The molecule has 0 bridgehead atoms. The summed E-state index contributed by atoms with van der Waals surface area (Å²) in [5.41, 5.74) is 1.83. The van der Waals surface area contributed by atoms with Crippen LogP contribution in [0.5, 0.6) is 5.75 Å². The van der Waals surface area contributed by atoms with Crippen molar-refractivity contribution in [3.05, 3.63) is 29.3 Å². The molecular formula is C20H30N2O3. The molecule has 1 fully saturated rings. The zero-order chi connectivity index (χ0) is 17.9. The fraction of sp³-hybridized carbons (Fsp3) is 0.650. The summed E-state index contributed by atoms with van der Waals surface area (Å²) < 4.78 is 5.30. The van der Waals surface area contributed by atoms with E-state index in [4.69, 9.17) is 4.74 Å². The fourth-order valence-electron chi connectivity index (χ4n) is 4.17. The second-order valence-corrected chi connectivity index (χ2v) is 7.47. The molecule has 1 amide bonds. The van der Waals surface area contributed by atoms with E-state index in [1.807, 2.05) is 11.0 Å². The Bertz CT molecular complexity index is 611. The average Bonchev–Trinajstić information content (AvgIpc) is 2.62. The monoisotopic (exact) mass is 346 g/mol. The number of carbonyl (C=O) groups is 1. The lowest BCUT2D eigenvalue weighted by atomic mass is 9.85. The Labute approximate surface area is 150 Å². The van der Waals surface area contributed by atoms with E-state index in [-0.39, 0.29) is 18.5 Å². The third-order valence-electron chi connectivity index (χ3n) is 5.72. The second-order valence-electron chi connectivity index (χ2n) is 7.47. The van der Waals surface area contributed by atoms with Gasteiger partial charge in [-0.3, -0.25) is 4.79 Å². The summed E-state index contributed by atoms with van der Waals surface area (Å²) in [5.74, 6) is 0.974. The van der Waals surface area contributed by atoms with Crippen LogP contribution in [-0.2, 0) is 11.2 Å². The van der Waals surface area contributed by atoms with Gasteiger partial charge in [0.1, 0.15) is 5.75 Å². The molecule has 2 N–H and O–H groups in total. The molecule has 25 heavy (non-hydrogen) atoms. The first-order chi connectivity index (χ1) is 12.0. The van der Waals surface area contributed by atoms with E-state index in [1.165, 1.54) is 17.5 Å². The average molecular weight is 346 g/mol. The van der Waals surface area contributed by atoms with Crippen molar-refractivity contribution in [1.82, 2.24) is 10.2 Å². The Morgan fingerprint density at radius 1 is 1.36 bits per heavy atom. The van der Waals surface area contributed by atoms with Crippen LogP contribution in [0.25, 0.3) is 0 Å². The third-order valence-corrected chi connectivity index (χ3v) is 5.72. The van der Waals surface area contributed by atoms with E-state index < -0.39 is 5.60 Å². The molecule has 0 saturated heterocycles. The van der Waals surface area contributed by atoms with Crippen molar-refractivity contribution < 1.29 is 14.6 Å². The number of carbonyl (C=O) groups excluding carboxylic acids is 1. The van der Waals surface area contributed by atoms with Crippen LogP contribution in [0, 0.1) is 0 Å². The zero-order valence-electron chi connectivity index (χ0n) is 15.4. The number of amides is 1. The lowest BCUT2D eigenvalue weighted by Crippen LogP contribution is -2.47. The van der Waals surface area contributed by atoms with E-state index in [0.29, 0.717) is 6.54 Å². The molecule has 5 heteroatoms. The highest BCUT2D eigenvalue weighted by molar-refractivity contribution is 5.79. The van der Waals surface area contributed by atoms with Crippen molar-refractivity contribution in [2.24, 2.45) is 0 Å². The maximum Gasteiger partial charge on any atom is 0.237 e. The molecule has 1 saturated carbocycles. The summed E-state index contributed by atoms with van der Waals surface area (Å²) in [7, 11) is 1.68. The first-order valence-electron chi connectivity index (χ1n) is 9.42. The quantitative estimate of drug-likeness (QED) is 0.860. The molecule has 1 aliphatic heterocycles. The highest BCUT2D eigenvalue weighted by Crippen LogP contribution is 2.32. The molecule has 1 aromatic carbocycles. The van der Waals surface area contributed by atoms with Crippen LogP contribution in [-0.4, -0.2) is 48.3 Å². The van der Waals surface area contributed by atoms with Gasteiger partial charge in [-0.1, -0.05) is 25.3 Å². The number of fused-ring (bicyclic) bond motifs is 1. The van der Waals surface area contributed by atoms with Crippen LogP contribution >= 0.6 is 0 Å². The number of hydrogen-bond donors (Lipinski definition) is 2. The molecule has 0 unspecified atom stereocenters. The van der Waals surface area contributed by atoms with Gasteiger partial charge < -0.3 is 20.1 Å². The molecule has 1 atom stereocenters. The van der Waals surface area contributed by atoms with E-state index >= 15 is 0 Å². The number of ether oxygens (including phenoxy) is 1. The second kappa shape index (κ2) is 7.75. The van der Waals surface area contributed by atoms with E-state index in [0.717, 1.165) is 44.4 Å². The van der Waals surface area contributed by atoms with Crippen LogP contribution in [0.1, 0.15) is 56.2 Å². The number of aliphatic hydroxyl groups is 1. The van der Waals surface area contributed by atoms with Gasteiger partial charge >= 0.3 is 0 Å². The third kappa shape index (κ3) is 4.15. The molecule has 3 rings (SSSR count). The Morgan fingerprint density at radius 2 is 2.12 bits per heavy atom. The number of rotatable bonds is 5. The molecule has 5 nitrogen and oxygen atoms in total. The van der Waals surface area contributed by atoms with Crippen molar-refractivity contribution >= 4 is 5.91 Å². The number of methoxy groups -OCH3 is 1. The van der Waals surface area contributed by atoms with Gasteiger partial charge in [0.15, 0.2) is 0 Å². The summed E-state index contributed by atoms with van der Waals surface area (Å²) in [6.45, 7) is 3.61. The molecule has 0 spiro atoms. The van der Waals surface area contributed by atoms with Gasteiger partial charge in [-0.2, -0.15) is 0 Å². The van der Waals surface area contributed by atoms with Gasteiger partial charge in [0.05, 0.1) is 25.3 Å². The highest BCUT2D eigenvalue weighted by atomic mass is 16.5. The first-order valence-corrected chi connectivity index (χ1v) is 9.42. The van der Waals surface area contributed by atoms with Gasteiger partial charge in [0.25, 0.3) is 0 Å². The summed E-state index contributed by atoms with van der Waals surface area (Å²) in [5, 5.41) is 13.7. The van der Waals surface area contributed by atoms with Gasteiger partial charge in [0.2, 0.25) is 5.91 Å². The number of benzene rings is 1. The minimum atomic E-state index is -0.630. The van der Waals surface area contributed by atoms with Gasteiger partial charge in [0, 0.05) is 13.1 Å². The van der Waals surface area contributed by atoms with Crippen molar-refractivity contribution in [1.29, 1.82) is 0 Å². The Morgan fingerprint density at radius 3 is 2.84 bits per heavy atom.